The van der Waals surface area contributed by atoms with E-state index >= 15 is 0 Å². The predicted octanol–water partition coefficient (Wildman–Crippen LogP) is 3.16. The van der Waals surface area contributed by atoms with Crippen LogP contribution in [0.5, 0.6) is 5.75 Å². The number of nitrogens with zero attached hydrogens (tertiary/aromatic N) is 1. The lowest BCUT2D eigenvalue weighted by Crippen LogP contribution is -2.48. The van der Waals surface area contributed by atoms with Crippen LogP contribution < -0.4 is 10.1 Å². The number of hydrogen-bond acceptors (Lipinski definition) is 3. The van der Waals surface area contributed by atoms with E-state index in [2.05, 4.69) is 17.5 Å². The molecule has 136 valence electrons. The topological polar surface area (TPSA) is 58.6 Å². The van der Waals surface area contributed by atoms with Crippen molar-refractivity contribution >= 4 is 11.8 Å². The van der Waals surface area contributed by atoms with Gasteiger partial charge in [0, 0.05) is 19.5 Å². The zero-order valence-corrected chi connectivity index (χ0v) is 15.5. The number of para-hydroxylation sites is 1. The van der Waals surface area contributed by atoms with Crippen LogP contribution in [0.3, 0.4) is 0 Å². The van der Waals surface area contributed by atoms with Crippen molar-refractivity contribution in [2.45, 2.75) is 58.2 Å². The third-order valence-corrected chi connectivity index (χ3v) is 4.62. The van der Waals surface area contributed by atoms with Gasteiger partial charge in [-0.15, -0.1) is 0 Å². The van der Waals surface area contributed by atoms with Crippen molar-refractivity contribution in [2.75, 3.05) is 7.05 Å². The van der Waals surface area contributed by atoms with Gasteiger partial charge in [-0.1, -0.05) is 31.2 Å². The number of fused-ring (bicyclic) bond motifs is 1. The first-order valence-electron chi connectivity index (χ1n) is 8.92. The Labute approximate surface area is 150 Å². The minimum atomic E-state index is -0.557. The van der Waals surface area contributed by atoms with Crippen LogP contribution in [0.4, 0.5) is 0 Å². The van der Waals surface area contributed by atoms with Gasteiger partial charge in [0.25, 0.3) is 5.91 Å². The van der Waals surface area contributed by atoms with Gasteiger partial charge in [-0.3, -0.25) is 9.59 Å². The van der Waals surface area contributed by atoms with Gasteiger partial charge >= 0.3 is 0 Å². The summed E-state index contributed by atoms with van der Waals surface area (Å²) in [6, 6.07) is 6.70. The van der Waals surface area contributed by atoms with Gasteiger partial charge in [0.1, 0.15) is 11.8 Å². The molecule has 1 heterocycles. The third kappa shape index (κ3) is 4.84. The first kappa shape index (κ1) is 19.0. The third-order valence-electron chi connectivity index (χ3n) is 4.62. The normalized spacial score (nSPS) is 26.9. The zero-order chi connectivity index (χ0) is 18.4. The number of likely N-dealkylation sites (N-methyl/N-ethyl adjacent to an activating group) is 1. The molecule has 1 aromatic carbocycles. The summed E-state index contributed by atoms with van der Waals surface area (Å²) < 4.78 is 5.98. The molecule has 0 aromatic heterocycles. The maximum Gasteiger partial charge on any atom is 0.258 e. The van der Waals surface area contributed by atoms with E-state index in [0.29, 0.717) is 11.3 Å². The van der Waals surface area contributed by atoms with E-state index in [-0.39, 0.29) is 24.0 Å². The van der Waals surface area contributed by atoms with E-state index < -0.39 is 6.04 Å². The van der Waals surface area contributed by atoms with Gasteiger partial charge in [0.15, 0.2) is 0 Å². The molecule has 0 unspecified atom stereocenters. The Morgan fingerprint density at radius 2 is 1.84 bits per heavy atom. The zero-order valence-electron chi connectivity index (χ0n) is 15.5. The number of hydrogen-bond donors (Lipinski definition) is 1. The Kier molecular flexibility index (Phi) is 6.62. The monoisotopic (exact) mass is 344 g/mol. The molecule has 0 saturated heterocycles. The van der Waals surface area contributed by atoms with Gasteiger partial charge in [0.2, 0.25) is 5.91 Å². The lowest BCUT2D eigenvalue weighted by Gasteiger charge is -2.27. The number of ether oxygens (including phenoxy) is 1. The van der Waals surface area contributed by atoms with Crippen molar-refractivity contribution in [2.24, 2.45) is 0 Å². The van der Waals surface area contributed by atoms with Gasteiger partial charge in [-0.25, -0.2) is 0 Å². The van der Waals surface area contributed by atoms with Crippen molar-refractivity contribution in [1.29, 1.82) is 0 Å². The van der Waals surface area contributed by atoms with Gasteiger partial charge in [-0.05, 0) is 38.8 Å². The maximum atomic E-state index is 12.9. The average Bonchev–Trinajstić information content (AvgIpc) is 2.61. The van der Waals surface area contributed by atoms with Crippen molar-refractivity contribution in [3.63, 3.8) is 0 Å². The second-order valence-electron chi connectivity index (χ2n) is 6.57. The Balaban J connectivity index is 2.34. The molecule has 5 heteroatoms. The number of rotatable bonds is 1. The number of amides is 2. The van der Waals surface area contributed by atoms with E-state index in [0.717, 1.165) is 19.3 Å². The smallest absolute Gasteiger partial charge is 0.258 e. The van der Waals surface area contributed by atoms with Crippen molar-refractivity contribution < 1.29 is 14.3 Å². The van der Waals surface area contributed by atoms with Gasteiger partial charge in [0.05, 0.1) is 11.7 Å². The summed E-state index contributed by atoms with van der Waals surface area (Å²) in [5.74, 6) is 0.197. The van der Waals surface area contributed by atoms with E-state index in [1.807, 2.05) is 19.9 Å². The number of carbonyl (C=O) groups is 2. The minimum absolute atomic E-state index is 0.0365. The highest BCUT2D eigenvalue weighted by Crippen LogP contribution is 2.22. The molecule has 0 aliphatic carbocycles. The number of carbonyl (C=O) groups excluding carboxylic acids is 2. The molecule has 1 aromatic rings. The summed E-state index contributed by atoms with van der Waals surface area (Å²) in [5, 5.41) is 3.04. The molecule has 2 rings (SSSR count). The fourth-order valence-corrected chi connectivity index (χ4v) is 2.75. The Morgan fingerprint density at radius 3 is 2.56 bits per heavy atom. The SMILES string of the molecule is CC[C@@H]1C/C=C\C[C@H](C)Oc2ccccc2C(=O)N(C)[C@H](C)C(=O)N1. The summed E-state index contributed by atoms with van der Waals surface area (Å²) in [5.41, 5.74) is 0.476. The fraction of sp³-hybridized carbons (Fsp3) is 0.500. The lowest BCUT2D eigenvalue weighted by molar-refractivity contribution is -0.125. The molecule has 1 aliphatic heterocycles. The number of nitrogens with one attached hydrogen (secondary N) is 1. The first-order chi connectivity index (χ1) is 11.9. The summed E-state index contributed by atoms with van der Waals surface area (Å²) in [7, 11) is 1.65. The number of benzene rings is 1. The highest BCUT2D eigenvalue weighted by molar-refractivity contribution is 5.99. The van der Waals surface area contributed by atoms with Gasteiger partial charge in [-0.2, -0.15) is 0 Å². The molecule has 1 N–H and O–H groups in total. The highest BCUT2D eigenvalue weighted by atomic mass is 16.5. The van der Waals surface area contributed by atoms with Crippen LogP contribution in [0.15, 0.2) is 36.4 Å². The molecular weight excluding hydrogens is 316 g/mol. The molecule has 1 aliphatic rings. The minimum Gasteiger partial charge on any atom is -0.490 e. The molecular formula is C20H28N2O3. The fourth-order valence-electron chi connectivity index (χ4n) is 2.75. The first-order valence-corrected chi connectivity index (χ1v) is 8.92. The van der Waals surface area contributed by atoms with Crippen LogP contribution in [0.25, 0.3) is 0 Å². The predicted molar refractivity (Wildman–Crippen MR) is 98.7 cm³/mol. The summed E-state index contributed by atoms with van der Waals surface area (Å²) >= 11 is 0. The molecule has 0 spiro atoms. The highest BCUT2D eigenvalue weighted by Gasteiger charge is 2.26. The van der Waals surface area contributed by atoms with Crippen LogP contribution >= 0.6 is 0 Å². The summed E-state index contributed by atoms with van der Waals surface area (Å²) in [4.78, 5) is 26.9. The summed E-state index contributed by atoms with van der Waals surface area (Å²) in [6.45, 7) is 5.78. The average molecular weight is 344 g/mol. The Morgan fingerprint density at radius 1 is 1.16 bits per heavy atom. The molecule has 0 bridgehead atoms. The van der Waals surface area contributed by atoms with Crippen molar-refractivity contribution in [1.82, 2.24) is 10.2 Å². The Hall–Kier alpha value is -2.30. The van der Waals surface area contributed by atoms with Crippen LogP contribution in [0.1, 0.15) is 50.4 Å². The van der Waals surface area contributed by atoms with E-state index in [1.54, 1.807) is 32.2 Å². The van der Waals surface area contributed by atoms with Crippen LogP contribution in [0, 0.1) is 0 Å². The summed E-state index contributed by atoms with van der Waals surface area (Å²) in [6.07, 6.45) is 6.49. The van der Waals surface area contributed by atoms with E-state index in [1.165, 1.54) is 4.90 Å². The molecule has 0 saturated carbocycles. The van der Waals surface area contributed by atoms with Gasteiger partial charge < -0.3 is 15.0 Å². The van der Waals surface area contributed by atoms with Crippen molar-refractivity contribution in [3.05, 3.63) is 42.0 Å². The quantitative estimate of drug-likeness (QED) is 0.796. The van der Waals surface area contributed by atoms with Crippen LogP contribution in [-0.2, 0) is 4.79 Å². The molecule has 5 nitrogen and oxygen atoms in total. The maximum absolute atomic E-state index is 12.9. The Bertz CT molecular complexity index is 642. The molecule has 2 amide bonds. The van der Waals surface area contributed by atoms with E-state index in [9.17, 15) is 9.59 Å². The molecule has 3 atom stereocenters. The lowest BCUT2D eigenvalue weighted by atomic mass is 10.1. The largest absolute Gasteiger partial charge is 0.490 e. The van der Waals surface area contributed by atoms with E-state index in [4.69, 9.17) is 4.74 Å². The molecule has 25 heavy (non-hydrogen) atoms. The van der Waals surface area contributed by atoms with Crippen LogP contribution in [0.2, 0.25) is 0 Å². The standard InChI is InChI=1S/C20H28N2O3/c1-5-16-11-7-6-10-14(2)25-18-13-9-8-12-17(18)20(24)22(4)15(3)19(23)21-16/h6-9,12-16H,5,10-11H2,1-4H3,(H,21,23)/b7-6-/t14-,15+,16+/m0/s1. The second kappa shape index (κ2) is 8.70. The molecule has 0 radical (unpaired) electrons. The molecule has 0 fully saturated rings. The van der Waals surface area contributed by atoms with Crippen LogP contribution in [-0.4, -0.2) is 41.9 Å². The second-order valence-corrected chi connectivity index (χ2v) is 6.57. The van der Waals surface area contributed by atoms with Crippen molar-refractivity contribution in [3.8, 4) is 5.75 Å².